The summed E-state index contributed by atoms with van der Waals surface area (Å²) in [5, 5.41) is 0.959. The van der Waals surface area contributed by atoms with E-state index >= 15 is 0 Å². The highest BCUT2D eigenvalue weighted by Crippen LogP contribution is 2.13. The van der Waals surface area contributed by atoms with Gasteiger partial charge in [-0.05, 0) is 12.8 Å². The molecule has 1 amide bonds. The van der Waals surface area contributed by atoms with E-state index in [1.54, 1.807) is 13.8 Å². The molecule has 0 fully saturated rings. The zero-order valence-corrected chi connectivity index (χ0v) is 9.97. The second-order valence-corrected chi connectivity index (χ2v) is 5.11. The normalized spacial score (nSPS) is 15.5. The Morgan fingerprint density at radius 3 is 2.27 bits per heavy atom. The number of hydrogen-bond donors (Lipinski definition) is 2. The third kappa shape index (κ3) is 4.44. The summed E-state index contributed by atoms with van der Waals surface area (Å²) >= 11 is 0. The fraction of sp³-hybridized carbons (Fsp3) is 0.667. The highest BCUT2D eigenvalue weighted by molar-refractivity contribution is 7.86. The van der Waals surface area contributed by atoms with Gasteiger partial charge in [-0.2, -0.15) is 8.42 Å². The Bertz CT molecular complexity index is 347. The first-order valence-corrected chi connectivity index (χ1v) is 6.13. The van der Waals surface area contributed by atoms with Crippen molar-refractivity contribution in [2.75, 3.05) is 0 Å². The van der Waals surface area contributed by atoms with E-state index in [-0.39, 0.29) is 11.5 Å². The van der Waals surface area contributed by atoms with E-state index in [0.717, 1.165) is 0 Å². The van der Waals surface area contributed by atoms with Gasteiger partial charge < -0.3 is 5.32 Å². The maximum Gasteiger partial charge on any atom is 0.286 e. The Hall–Kier alpha value is -0.880. The molecule has 0 saturated heterocycles. The SMILES string of the molecule is C=C(C)C(=O)NC(C(C)CC)S(=O)(=O)O. The zero-order chi connectivity index (χ0) is 12.2. The summed E-state index contributed by atoms with van der Waals surface area (Å²) in [4.78, 5) is 11.2. The van der Waals surface area contributed by atoms with Crippen molar-refractivity contribution < 1.29 is 17.8 Å². The predicted molar refractivity (Wildman–Crippen MR) is 57.7 cm³/mol. The molecule has 0 aliphatic rings. The van der Waals surface area contributed by atoms with E-state index in [9.17, 15) is 13.2 Å². The molecule has 0 saturated carbocycles. The highest BCUT2D eigenvalue weighted by atomic mass is 32.2. The Morgan fingerprint density at radius 1 is 1.53 bits per heavy atom. The summed E-state index contributed by atoms with van der Waals surface area (Å²) in [5.74, 6) is -0.929. The van der Waals surface area contributed by atoms with Crippen LogP contribution in [0.2, 0.25) is 0 Å². The number of hydrogen-bond acceptors (Lipinski definition) is 3. The molecule has 0 rings (SSSR count). The third-order valence-corrected chi connectivity index (χ3v) is 3.37. The van der Waals surface area contributed by atoms with Crippen LogP contribution in [0.1, 0.15) is 27.2 Å². The van der Waals surface area contributed by atoms with Gasteiger partial charge in [0.15, 0.2) is 5.37 Å². The number of carbonyl (C=O) groups is 1. The van der Waals surface area contributed by atoms with Gasteiger partial charge in [0.1, 0.15) is 0 Å². The monoisotopic (exact) mass is 235 g/mol. The first kappa shape index (κ1) is 14.1. The molecule has 0 radical (unpaired) electrons. The number of amides is 1. The number of nitrogens with one attached hydrogen (secondary N) is 1. The molecule has 0 heterocycles. The molecule has 6 heteroatoms. The fourth-order valence-electron chi connectivity index (χ4n) is 0.977. The lowest BCUT2D eigenvalue weighted by atomic mass is 10.1. The van der Waals surface area contributed by atoms with Gasteiger partial charge >= 0.3 is 0 Å². The van der Waals surface area contributed by atoms with E-state index in [0.29, 0.717) is 6.42 Å². The molecule has 0 aromatic rings. The van der Waals surface area contributed by atoms with Gasteiger partial charge in [0.2, 0.25) is 5.91 Å². The summed E-state index contributed by atoms with van der Waals surface area (Å²) in [6.07, 6.45) is 0.529. The third-order valence-electron chi connectivity index (χ3n) is 2.14. The van der Waals surface area contributed by atoms with Crippen LogP contribution in [-0.4, -0.2) is 24.3 Å². The summed E-state index contributed by atoms with van der Waals surface area (Å²) in [7, 11) is -4.28. The van der Waals surface area contributed by atoms with Crippen molar-refractivity contribution in [3.05, 3.63) is 12.2 Å². The average molecular weight is 235 g/mol. The number of carbonyl (C=O) groups excluding carboxylic acids is 1. The van der Waals surface area contributed by atoms with Crippen molar-refractivity contribution in [3.63, 3.8) is 0 Å². The van der Waals surface area contributed by atoms with Crippen molar-refractivity contribution in [2.24, 2.45) is 5.92 Å². The minimum atomic E-state index is -4.28. The van der Waals surface area contributed by atoms with Gasteiger partial charge in [0.05, 0.1) is 0 Å². The van der Waals surface area contributed by atoms with Gasteiger partial charge in [0, 0.05) is 5.57 Å². The van der Waals surface area contributed by atoms with Crippen molar-refractivity contribution in [1.82, 2.24) is 5.32 Å². The molecule has 0 spiro atoms. The van der Waals surface area contributed by atoms with Crippen molar-refractivity contribution in [3.8, 4) is 0 Å². The molecular formula is C9H17NO4S. The molecule has 0 bridgehead atoms. The van der Waals surface area contributed by atoms with Crippen LogP contribution in [0.4, 0.5) is 0 Å². The smallest absolute Gasteiger partial charge is 0.286 e. The molecule has 2 atom stereocenters. The molecule has 15 heavy (non-hydrogen) atoms. The molecule has 0 aliphatic carbocycles. The standard InChI is InChI=1S/C9H17NO4S/c1-5-7(4)9(15(12,13)14)10-8(11)6(2)3/h7,9H,2,5H2,1,3-4H3,(H,10,11)(H,12,13,14). The molecule has 0 aliphatic heterocycles. The summed E-state index contributed by atoms with van der Waals surface area (Å²) < 4.78 is 30.9. The van der Waals surface area contributed by atoms with Gasteiger partial charge in [-0.1, -0.05) is 26.8 Å². The summed E-state index contributed by atoms with van der Waals surface area (Å²) in [6.45, 7) is 8.26. The van der Waals surface area contributed by atoms with Crippen LogP contribution in [-0.2, 0) is 14.9 Å². The second-order valence-electron chi connectivity index (χ2n) is 3.57. The average Bonchev–Trinajstić information content (AvgIpc) is 2.10. The topological polar surface area (TPSA) is 83.5 Å². The van der Waals surface area contributed by atoms with E-state index in [2.05, 4.69) is 11.9 Å². The molecular weight excluding hydrogens is 218 g/mol. The van der Waals surface area contributed by atoms with E-state index < -0.39 is 21.4 Å². The second kappa shape index (κ2) is 5.27. The van der Waals surface area contributed by atoms with Crippen LogP contribution in [0.5, 0.6) is 0 Å². The minimum absolute atomic E-state index is 0.201. The van der Waals surface area contributed by atoms with Gasteiger partial charge in [-0.25, -0.2) is 0 Å². The molecule has 0 aromatic heterocycles. The van der Waals surface area contributed by atoms with Crippen molar-refractivity contribution >= 4 is 16.0 Å². The largest absolute Gasteiger partial charge is 0.334 e. The van der Waals surface area contributed by atoms with Crippen molar-refractivity contribution in [1.29, 1.82) is 0 Å². The molecule has 2 unspecified atom stereocenters. The Morgan fingerprint density at radius 2 is 2.00 bits per heavy atom. The predicted octanol–water partition coefficient (Wildman–Crippen LogP) is 0.939. The molecule has 5 nitrogen and oxygen atoms in total. The minimum Gasteiger partial charge on any atom is -0.334 e. The van der Waals surface area contributed by atoms with E-state index in [4.69, 9.17) is 4.55 Å². The van der Waals surface area contributed by atoms with E-state index in [1.807, 2.05) is 0 Å². The first-order chi connectivity index (χ1) is 6.70. The zero-order valence-electron chi connectivity index (χ0n) is 9.15. The van der Waals surface area contributed by atoms with Crippen LogP contribution >= 0.6 is 0 Å². The first-order valence-electron chi connectivity index (χ1n) is 4.62. The van der Waals surface area contributed by atoms with Gasteiger partial charge in [-0.15, -0.1) is 0 Å². The molecule has 2 N–H and O–H groups in total. The lowest BCUT2D eigenvalue weighted by molar-refractivity contribution is -0.117. The van der Waals surface area contributed by atoms with Crippen molar-refractivity contribution in [2.45, 2.75) is 32.6 Å². The Kier molecular flexibility index (Phi) is 4.96. The maximum atomic E-state index is 11.2. The van der Waals surface area contributed by atoms with Crippen LogP contribution in [0.25, 0.3) is 0 Å². The number of rotatable bonds is 5. The van der Waals surface area contributed by atoms with Crippen LogP contribution < -0.4 is 5.32 Å². The Balaban J connectivity index is 4.84. The van der Waals surface area contributed by atoms with Crippen LogP contribution in [0, 0.1) is 5.92 Å². The van der Waals surface area contributed by atoms with E-state index in [1.165, 1.54) is 6.92 Å². The maximum absolute atomic E-state index is 11.2. The summed E-state index contributed by atoms with van der Waals surface area (Å²) in [6, 6.07) is 0. The van der Waals surface area contributed by atoms with Crippen LogP contribution in [0.3, 0.4) is 0 Å². The van der Waals surface area contributed by atoms with Gasteiger partial charge in [0.25, 0.3) is 10.1 Å². The Labute approximate surface area is 90.3 Å². The van der Waals surface area contributed by atoms with Crippen LogP contribution in [0.15, 0.2) is 12.2 Å². The lowest BCUT2D eigenvalue weighted by Gasteiger charge is -2.21. The quantitative estimate of drug-likeness (QED) is 0.548. The summed E-state index contributed by atoms with van der Waals surface area (Å²) in [5.41, 5.74) is 0.201. The molecule has 88 valence electrons. The molecule has 0 aromatic carbocycles. The lowest BCUT2D eigenvalue weighted by Crippen LogP contribution is -2.44. The van der Waals surface area contributed by atoms with Gasteiger partial charge in [-0.3, -0.25) is 9.35 Å². The highest BCUT2D eigenvalue weighted by Gasteiger charge is 2.29. The fourth-order valence-corrected chi connectivity index (χ4v) is 2.01.